The number of carbonyl (C=O) groups is 3. The van der Waals surface area contributed by atoms with Crippen LogP contribution in [0.1, 0.15) is 30.4 Å². The van der Waals surface area contributed by atoms with Gasteiger partial charge in [-0.05, 0) is 48.9 Å². The van der Waals surface area contributed by atoms with E-state index in [2.05, 4.69) is 10.2 Å². The number of hydrogen-bond acceptors (Lipinski definition) is 4. The van der Waals surface area contributed by atoms with E-state index in [0.29, 0.717) is 52.0 Å². The highest BCUT2D eigenvalue weighted by Gasteiger charge is 2.54. The van der Waals surface area contributed by atoms with E-state index in [-0.39, 0.29) is 24.3 Å². The fourth-order valence-electron chi connectivity index (χ4n) is 5.72. The first-order chi connectivity index (χ1) is 19.0. The van der Waals surface area contributed by atoms with Crippen molar-refractivity contribution in [3.8, 4) is 0 Å². The highest BCUT2D eigenvalue weighted by molar-refractivity contribution is 5.96. The molecular formula is C32H36N4O3. The van der Waals surface area contributed by atoms with Crippen molar-refractivity contribution in [3.05, 3.63) is 102 Å². The van der Waals surface area contributed by atoms with E-state index in [4.69, 9.17) is 0 Å². The van der Waals surface area contributed by atoms with E-state index in [9.17, 15) is 14.4 Å². The molecule has 0 atom stereocenters. The molecule has 0 bridgehead atoms. The van der Waals surface area contributed by atoms with Crippen molar-refractivity contribution < 1.29 is 14.4 Å². The molecule has 2 saturated heterocycles. The van der Waals surface area contributed by atoms with Crippen molar-refractivity contribution in [1.29, 1.82) is 0 Å². The molecule has 3 aromatic carbocycles. The Labute approximate surface area is 230 Å². The molecule has 202 valence electrons. The number of carbonyl (C=O) groups excluding carboxylic acids is 3. The lowest BCUT2D eigenvalue weighted by molar-refractivity contribution is -0.140. The molecule has 7 heteroatoms. The second kappa shape index (κ2) is 12.2. The van der Waals surface area contributed by atoms with Crippen molar-refractivity contribution in [2.24, 2.45) is 0 Å². The fraction of sp³-hybridized carbons (Fsp3) is 0.344. The van der Waals surface area contributed by atoms with E-state index in [1.807, 2.05) is 95.9 Å². The number of hydrogen-bond donors (Lipinski definition) is 1. The molecular weight excluding hydrogens is 488 g/mol. The lowest BCUT2D eigenvalue weighted by Gasteiger charge is -2.43. The highest BCUT2D eigenvalue weighted by atomic mass is 16.2. The number of amides is 3. The summed E-state index contributed by atoms with van der Waals surface area (Å²) in [5.74, 6) is -0.0566. The fourth-order valence-corrected chi connectivity index (χ4v) is 5.72. The predicted octanol–water partition coefficient (Wildman–Crippen LogP) is 3.65. The van der Waals surface area contributed by atoms with Gasteiger partial charge in [0.25, 0.3) is 5.91 Å². The van der Waals surface area contributed by atoms with Crippen LogP contribution in [-0.2, 0) is 27.2 Å². The van der Waals surface area contributed by atoms with Gasteiger partial charge in [0.15, 0.2) is 0 Å². The number of aryl methyl sites for hydroxylation is 1. The highest BCUT2D eigenvalue weighted by Crippen LogP contribution is 2.39. The Bertz CT molecular complexity index is 1260. The molecule has 7 nitrogen and oxygen atoms in total. The molecule has 0 unspecified atom stereocenters. The van der Waals surface area contributed by atoms with Gasteiger partial charge < -0.3 is 20.0 Å². The first kappa shape index (κ1) is 26.5. The van der Waals surface area contributed by atoms with E-state index < -0.39 is 5.54 Å². The smallest absolute Gasteiger partial charge is 0.250 e. The molecule has 0 aromatic heterocycles. The van der Waals surface area contributed by atoms with Crippen LogP contribution >= 0.6 is 0 Å². The van der Waals surface area contributed by atoms with Crippen LogP contribution in [-0.4, -0.2) is 65.9 Å². The Balaban J connectivity index is 1.22. The Morgan fingerprint density at radius 3 is 1.95 bits per heavy atom. The summed E-state index contributed by atoms with van der Waals surface area (Å²) in [5, 5.41) is 2.97. The summed E-state index contributed by atoms with van der Waals surface area (Å²) in [5.41, 5.74) is 2.52. The topological polar surface area (TPSA) is 73.0 Å². The first-order valence-electron chi connectivity index (χ1n) is 13.8. The van der Waals surface area contributed by atoms with E-state index in [1.165, 1.54) is 0 Å². The zero-order valence-corrected chi connectivity index (χ0v) is 22.3. The third-order valence-corrected chi connectivity index (χ3v) is 7.91. The Morgan fingerprint density at radius 1 is 0.769 bits per heavy atom. The Morgan fingerprint density at radius 2 is 1.33 bits per heavy atom. The van der Waals surface area contributed by atoms with Crippen molar-refractivity contribution in [3.63, 3.8) is 0 Å². The molecule has 2 aliphatic rings. The van der Waals surface area contributed by atoms with Crippen LogP contribution in [0, 0.1) is 0 Å². The third-order valence-electron chi connectivity index (χ3n) is 7.91. The molecule has 5 rings (SSSR count). The van der Waals surface area contributed by atoms with Crippen LogP contribution in [0.2, 0.25) is 0 Å². The number of benzene rings is 3. The largest absolute Gasteiger partial charge is 0.354 e. The van der Waals surface area contributed by atoms with Crippen molar-refractivity contribution in [1.82, 2.24) is 15.1 Å². The van der Waals surface area contributed by atoms with Gasteiger partial charge in [0.1, 0.15) is 12.1 Å². The third kappa shape index (κ3) is 6.14. The number of nitrogens with one attached hydrogen (secondary N) is 1. The summed E-state index contributed by atoms with van der Waals surface area (Å²) in [6.07, 6.45) is 3.01. The second-order valence-corrected chi connectivity index (χ2v) is 10.4. The Hall–Kier alpha value is -4.13. The standard InChI is InChI=1S/C32H36N4O3/c37-29(33-21-18-27-12-6-2-7-13-27)24-35-25-36(28-14-8-3-9-15-28)32(31(35)39)19-22-34(23-20-32)30(38)17-16-26-10-4-1-5-11-26/h1-15H,16-25H2,(H,33,37). The molecule has 0 radical (unpaired) electrons. The summed E-state index contributed by atoms with van der Waals surface area (Å²) in [7, 11) is 0. The molecule has 3 aromatic rings. The molecule has 1 spiro atoms. The molecule has 2 fully saturated rings. The van der Waals surface area contributed by atoms with Crippen LogP contribution in [0.4, 0.5) is 5.69 Å². The van der Waals surface area contributed by atoms with Gasteiger partial charge in [-0.15, -0.1) is 0 Å². The second-order valence-electron chi connectivity index (χ2n) is 10.4. The lowest BCUT2D eigenvalue weighted by atomic mass is 9.85. The summed E-state index contributed by atoms with van der Waals surface area (Å²) in [6.45, 7) is 1.97. The van der Waals surface area contributed by atoms with Gasteiger partial charge in [-0.25, -0.2) is 0 Å². The number of anilines is 1. The van der Waals surface area contributed by atoms with Crippen molar-refractivity contribution in [2.75, 3.05) is 37.7 Å². The number of para-hydroxylation sites is 1. The van der Waals surface area contributed by atoms with E-state index in [0.717, 1.165) is 23.2 Å². The van der Waals surface area contributed by atoms with Gasteiger partial charge in [0.2, 0.25) is 11.8 Å². The van der Waals surface area contributed by atoms with Gasteiger partial charge in [-0.3, -0.25) is 14.4 Å². The van der Waals surface area contributed by atoms with E-state index >= 15 is 0 Å². The quantitative estimate of drug-likeness (QED) is 0.464. The summed E-state index contributed by atoms with van der Waals surface area (Å²) < 4.78 is 0. The number of likely N-dealkylation sites (tertiary alicyclic amines) is 1. The molecule has 0 saturated carbocycles. The summed E-state index contributed by atoms with van der Waals surface area (Å²) in [4.78, 5) is 45.4. The van der Waals surface area contributed by atoms with Gasteiger partial charge in [-0.2, -0.15) is 0 Å². The average molecular weight is 525 g/mol. The molecule has 1 N–H and O–H groups in total. The first-order valence-corrected chi connectivity index (χ1v) is 13.8. The monoisotopic (exact) mass is 524 g/mol. The molecule has 39 heavy (non-hydrogen) atoms. The van der Waals surface area contributed by atoms with Gasteiger partial charge in [0, 0.05) is 31.7 Å². The van der Waals surface area contributed by atoms with Gasteiger partial charge >= 0.3 is 0 Å². The number of nitrogens with zero attached hydrogens (tertiary/aromatic N) is 3. The zero-order chi connectivity index (χ0) is 27.1. The lowest BCUT2D eigenvalue weighted by Crippen LogP contribution is -2.57. The van der Waals surface area contributed by atoms with E-state index in [1.54, 1.807) is 4.90 Å². The average Bonchev–Trinajstić information content (AvgIpc) is 3.24. The van der Waals surface area contributed by atoms with Crippen LogP contribution < -0.4 is 10.2 Å². The minimum atomic E-state index is -0.748. The van der Waals surface area contributed by atoms with Crippen LogP contribution in [0.25, 0.3) is 0 Å². The van der Waals surface area contributed by atoms with Crippen LogP contribution in [0.5, 0.6) is 0 Å². The maximum absolute atomic E-state index is 13.9. The van der Waals surface area contributed by atoms with Crippen molar-refractivity contribution in [2.45, 2.75) is 37.6 Å². The minimum Gasteiger partial charge on any atom is -0.354 e. The minimum absolute atomic E-state index is 0.0262. The van der Waals surface area contributed by atoms with Crippen molar-refractivity contribution >= 4 is 23.4 Å². The molecule has 3 amide bonds. The van der Waals surface area contributed by atoms with Crippen LogP contribution in [0.3, 0.4) is 0 Å². The zero-order valence-electron chi connectivity index (χ0n) is 22.3. The summed E-state index contributed by atoms with van der Waals surface area (Å²) >= 11 is 0. The number of piperidine rings is 1. The molecule has 2 aliphatic heterocycles. The van der Waals surface area contributed by atoms with Gasteiger partial charge in [0.05, 0.1) is 6.67 Å². The summed E-state index contributed by atoms with van der Waals surface area (Å²) in [6, 6.07) is 30.0. The molecule has 0 aliphatic carbocycles. The Kier molecular flexibility index (Phi) is 8.25. The SMILES string of the molecule is O=C(CN1CN(c2ccccc2)C2(CCN(C(=O)CCc3ccccc3)CC2)C1=O)NCCc1ccccc1. The molecule has 2 heterocycles. The maximum Gasteiger partial charge on any atom is 0.250 e. The predicted molar refractivity (Wildman–Crippen MR) is 152 cm³/mol. The number of rotatable bonds is 9. The normalized spacial score (nSPS) is 16.5. The van der Waals surface area contributed by atoms with Gasteiger partial charge in [-0.1, -0.05) is 78.9 Å². The maximum atomic E-state index is 13.9. The van der Waals surface area contributed by atoms with Crippen LogP contribution in [0.15, 0.2) is 91.0 Å².